The number of halogens is 1. The van der Waals surface area contributed by atoms with Crippen molar-refractivity contribution in [3.63, 3.8) is 0 Å². The third-order valence-corrected chi connectivity index (χ3v) is 3.56. The molecule has 138 valence electrons. The number of nitrogens with one attached hydrogen (secondary N) is 2. The monoisotopic (exact) mass is 450 g/mol. The third kappa shape index (κ3) is 9.27. The molecule has 6 nitrogen and oxygen atoms in total. The van der Waals surface area contributed by atoms with Crippen LogP contribution in [0.1, 0.15) is 38.7 Å². The van der Waals surface area contributed by atoms with Crippen molar-refractivity contribution in [2.45, 2.75) is 39.7 Å². The number of ether oxygens (including phenoxy) is 1. The standard InChI is InChI=1S/C17H30N4O2.HI/c1-4-6-14(8-10-22)12-20-17(18-5-2)21-13-15-7-9-19-16(11-15)23-3;/h7,9,11,14,22H,4-6,8,10,12-13H2,1-3H3,(H2,18,20,21);1H. The van der Waals surface area contributed by atoms with Gasteiger partial charge in [0.05, 0.1) is 13.7 Å². The van der Waals surface area contributed by atoms with E-state index in [1.54, 1.807) is 13.3 Å². The quantitative estimate of drug-likeness (QED) is 0.290. The molecule has 0 aliphatic heterocycles. The van der Waals surface area contributed by atoms with E-state index in [2.05, 4.69) is 27.5 Å². The lowest BCUT2D eigenvalue weighted by Crippen LogP contribution is -2.40. The van der Waals surface area contributed by atoms with Crippen molar-refractivity contribution in [2.75, 3.05) is 26.8 Å². The Morgan fingerprint density at radius 1 is 1.33 bits per heavy atom. The summed E-state index contributed by atoms with van der Waals surface area (Å²) in [7, 11) is 1.61. The fraction of sp³-hybridized carbons (Fsp3) is 0.647. The molecule has 24 heavy (non-hydrogen) atoms. The molecule has 3 N–H and O–H groups in total. The average molecular weight is 450 g/mol. The van der Waals surface area contributed by atoms with Gasteiger partial charge in [-0.2, -0.15) is 0 Å². The van der Waals surface area contributed by atoms with Crippen molar-refractivity contribution in [3.05, 3.63) is 23.9 Å². The van der Waals surface area contributed by atoms with E-state index in [-0.39, 0.29) is 30.6 Å². The molecule has 0 radical (unpaired) electrons. The summed E-state index contributed by atoms with van der Waals surface area (Å²) in [5.74, 6) is 1.86. The summed E-state index contributed by atoms with van der Waals surface area (Å²) >= 11 is 0. The molecule has 1 aromatic rings. The van der Waals surface area contributed by atoms with Crippen LogP contribution in [0.4, 0.5) is 0 Å². The molecule has 0 spiro atoms. The van der Waals surface area contributed by atoms with Crippen molar-refractivity contribution >= 4 is 29.9 Å². The van der Waals surface area contributed by atoms with Crippen LogP contribution in [0.2, 0.25) is 0 Å². The van der Waals surface area contributed by atoms with Gasteiger partial charge in [-0.1, -0.05) is 13.3 Å². The number of hydrogen-bond donors (Lipinski definition) is 3. The van der Waals surface area contributed by atoms with E-state index in [1.165, 1.54) is 0 Å². The molecule has 0 saturated heterocycles. The van der Waals surface area contributed by atoms with Crippen LogP contribution in [0.25, 0.3) is 0 Å². The van der Waals surface area contributed by atoms with E-state index in [0.29, 0.717) is 18.3 Å². The average Bonchev–Trinajstić information content (AvgIpc) is 2.57. The van der Waals surface area contributed by atoms with Gasteiger partial charge in [-0.05, 0) is 37.3 Å². The topological polar surface area (TPSA) is 78.8 Å². The fourth-order valence-corrected chi connectivity index (χ4v) is 2.35. The summed E-state index contributed by atoms with van der Waals surface area (Å²) in [5.41, 5.74) is 1.05. The number of rotatable bonds is 10. The highest BCUT2D eigenvalue weighted by molar-refractivity contribution is 14.0. The predicted molar refractivity (Wildman–Crippen MR) is 109 cm³/mol. The number of aliphatic imine (C=N–C) groups is 1. The lowest BCUT2D eigenvalue weighted by Gasteiger charge is -2.18. The van der Waals surface area contributed by atoms with Gasteiger partial charge in [0.15, 0.2) is 5.96 Å². The van der Waals surface area contributed by atoms with Gasteiger partial charge in [-0.25, -0.2) is 9.98 Å². The van der Waals surface area contributed by atoms with Gasteiger partial charge < -0.3 is 20.5 Å². The molecule has 0 amide bonds. The Balaban J connectivity index is 0.00000529. The van der Waals surface area contributed by atoms with Crippen molar-refractivity contribution in [2.24, 2.45) is 10.9 Å². The van der Waals surface area contributed by atoms with Crippen molar-refractivity contribution in [1.29, 1.82) is 0 Å². The first-order valence-electron chi connectivity index (χ1n) is 8.35. The Hall–Kier alpha value is -1.09. The summed E-state index contributed by atoms with van der Waals surface area (Å²) in [6.07, 6.45) is 4.77. The summed E-state index contributed by atoms with van der Waals surface area (Å²) in [6.45, 7) is 6.64. The van der Waals surface area contributed by atoms with E-state index < -0.39 is 0 Å². The van der Waals surface area contributed by atoms with Gasteiger partial charge in [-0.15, -0.1) is 24.0 Å². The summed E-state index contributed by atoms with van der Waals surface area (Å²) in [6, 6.07) is 3.82. The van der Waals surface area contributed by atoms with Crippen LogP contribution in [-0.2, 0) is 6.54 Å². The number of methoxy groups -OCH3 is 1. The second-order valence-corrected chi connectivity index (χ2v) is 5.45. The molecule has 0 aliphatic rings. The largest absolute Gasteiger partial charge is 0.481 e. The third-order valence-electron chi connectivity index (χ3n) is 3.56. The van der Waals surface area contributed by atoms with Gasteiger partial charge in [0.2, 0.25) is 5.88 Å². The second kappa shape index (κ2) is 14.3. The summed E-state index contributed by atoms with van der Waals surface area (Å²) < 4.78 is 5.13. The van der Waals surface area contributed by atoms with Crippen molar-refractivity contribution < 1.29 is 9.84 Å². The number of pyridine rings is 1. The van der Waals surface area contributed by atoms with Gasteiger partial charge in [0, 0.05) is 32.0 Å². The number of guanidine groups is 1. The van der Waals surface area contributed by atoms with Gasteiger partial charge in [0.25, 0.3) is 0 Å². The van der Waals surface area contributed by atoms with E-state index >= 15 is 0 Å². The maximum absolute atomic E-state index is 9.14. The van der Waals surface area contributed by atoms with Crippen LogP contribution < -0.4 is 15.4 Å². The minimum atomic E-state index is 0. The maximum atomic E-state index is 9.14. The number of hydrogen-bond acceptors (Lipinski definition) is 4. The Morgan fingerprint density at radius 3 is 2.75 bits per heavy atom. The van der Waals surface area contributed by atoms with E-state index in [4.69, 9.17) is 9.84 Å². The lowest BCUT2D eigenvalue weighted by atomic mass is 10.0. The first-order valence-corrected chi connectivity index (χ1v) is 8.35. The zero-order chi connectivity index (χ0) is 16.9. The molecule has 0 fully saturated rings. The van der Waals surface area contributed by atoms with Crippen LogP contribution in [0.5, 0.6) is 5.88 Å². The first-order chi connectivity index (χ1) is 11.2. The second-order valence-electron chi connectivity index (χ2n) is 5.45. The molecule has 1 atom stereocenters. The molecular formula is C17H31IN4O2. The van der Waals surface area contributed by atoms with Crippen LogP contribution in [-0.4, -0.2) is 42.9 Å². The van der Waals surface area contributed by atoms with Crippen molar-refractivity contribution in [1.82, 2.24) is 15.6 Å². The van der Waals surface area contributed by atoms with Crippen LogP contribution >= 0.6 is 24.0 Å². The Kier molecular flexibility index (Phi) is 13.6. The molecule has 0 bridgehead atoms. The smallest absolute Gasteiger partial charge is 0.213 e. The normalized spacial score (nSPS) is 12.2. The minimum absolute atomic E-state index is 0. The molecule has 1 heterocycles. The molecule has 0 aromatic carbocycles. The first kappa shape index (κ1) is 22.9. The SMILES string of the molecule is CCCC(CCO)CNC(=NCc1ccnc(OC)c1)NCC.I. The number of aliphatic hydroxyl groups excluding tert-OH is 1. The Labute approximate surface area is 162 Å². The molecule has 1 rings (SSSR count). The van der Waals surface area contributed by atoms with Crippen LogP contribution in [0.3, 0.4) is 0 Å². The zero-order valence-electron chi connectivity index (χ0n) is 14.9. The molecule has 0 saturated carbocycles. The summed E-state index contributed by atoms with van der Waals surface area (Å²) in [5, 5.41) is 15.8. The molecular weight excluding hydrogens is 419 g/mol. The van der Waals surface area contributed by atoms with Gasteiger partial charge in [-0.3, -0.25) is 0 Å². The fourth-order valence-electron chi connectivity index (χ4n) is 2.35. The van der Waals surface area contributed by atoms with E-state index in [9.17, 15) is 0 Å². The number of aliphatic hydroxyl groups is 1. The van der Waals surface area contributed by atoms with E-state index in [1.807, 2.05) is 19.1 Å². The summed E-state index contributed by atoms with van der Waals surface area (Å²) in [4.78, 5) is 8.70. The number of aromatic nitrogens is 1. The highest BCUT2D eigenvalue weighted by Crippen LogP contribution is 2.10. The minimum Gasteiger partial charge on any atom is -0.481 e. The van der Waals surface area contributed by atoms with Crippen LogP contribution in [0, 0.1) is 5.92 Å². The molecule has 1 aromatic heterocycles. The van der Waals surface area contributed by atoms with Crippen molar-refractivity contribution in [3.8, 4) is 5.88 Å². The highest BCUT2D eigenvalue weighted by atomic mass is 127. The van der Waals surface area contributed by atoms with E-state index in [0.717, 1.165) is 43.9 Å². The maximum Gasteiger partial charge on any atom is 0.213 e. The number of nitrogens with zero attached hydrogens (tertiary/aromatic N) is 2. The zero-order valence-corrected chi connectivity index (χ0v) is 17.2. The predicted octanol–water partition coefficient (Wildman–Crippen LogP) is 2.56. The Morgan fingerprint density at radius 2 is 2.12 bits per heavy atom. The van der Waals surface area contributed by atoms with Gasteiger partial charge in [0.1, 0.15) is 0 Å². The molecule has 0 aliphatic carbocycles. The highest BCUT2D eigenvalue weighted by Gasteiger charge is 2.08. The Bertz CT molecular complexity index is 466. The van der Waals surface area contributed by atoms with Crippen LogP contribution in [0.15, 0.2) is 23.3 Å². The molecule has 1 unspecified atom stereocenters. The van der Waals surface area contributed by atoms with Gasteiger partial charge >= 0.3 is 0 Å². The molecule has 7 heteroatoms. The lowest BCUT2D eigenvalue weighted by molar-refractivity contribution is 0.251.